The van der Waals surface area contributed by atoms with Crippen LogP contribution in [0.15, 0.2) is 18.2 Å². The van der Waals surface area contributed by atoms with Crippen LogP contribution < -0.4 is 15.5 Å². The maximum Gasteiger partial charge on any atom is 0.293 e. The lowest BCUT2D eigenvalue weighted by atomic mass is 10.1. The molecule has 0 saturated carbocycles. The Morgan fingerprint density at radius 1 is 1.55 bits per heavy atom. The zero-order chi connectivity index (χ0) is 14.7. The van der Waals surface area contributed by atoms with Crippen LogP contribution in [0.1, 0.15) is 17.3 Å². The molecule has 2 N–H and O–H groups in total. The molecular weight excluding hydrogens is 260 g/mol. The number of nitro benzene ring substituents is 1. The molecular formula is C13H18N4O3. The number of nitrogens with zero attached hydrogens (tertiary/aromatic N) is 2. The molecule has 108 valence electrons. The van der Waals surface area contributed by atoms with Crippen molar-refractivity contribution in [1.82, 2.24) is 10.6 Å². The lowest BCUT2D eigenvalue weighted by Gasteiger charge is -2.33. The monoisotopic (exact) mass is 278 g/mol. The molecule has 1 aromatic rings. The molecule has 7 heteroatoms. The van der Waals surface area contributed by atoms with Crippen LogP contribution in [0.5, 0.6) is 0 Å². The zero-order valence-electron chi connectivity index (χ0n) is 11.5. The van der Waals surface area contributed by atoms with Gasteiger partial charge < -0.3 is 15.5 Å². The Morgan fingerprint density at radius 2 is 2.30 bits per heavy atom. The van der Waals surface area contributed by atoms with Gasteiger partial charge in [0.05, 0.1) is 4.92 Å². The number of amides is 1. The summed E-state index contributed by atoms with van der Waals surface area (Å²) in [4.78, 5) is 24.4. The summed E-state index contributed by atoms with van der Waals surface area (Å²) >= 11 is 0. The molecule has 1 heterocycles. The summed E-state index contributed by atoms with van der Waals surface area (Å²) in [5.41, 5.74) is 0.835. The molecule has 0 spiro atoms. The van der Waals surface area contributed by atoms with Crippen molar-refractivity contribution in [1.29, 1.82) is 0 Å². The van der Waals surface area contributed by atoms with Crippen molar-refractivity contribution < 1.29 is 9.72 Å². The van der Waals surface area contributed by atoms with Crippen LogP contribution in [0.2, 0.25) is 0 Å². The van der Waals surface area contributed by atoms with Gasteiger partial charge in [0.15, 0.2) is 0 Å². The van der Waals surface area contributed by atoms with E-state index in [4.69, 9.17) is 0 Å². The SMILES string of the molecule is CNC(=O)c1ccc(N2CCN[C@@H](C)C2)c([N+](=O)[O-])c1. The molecule has 1 atom stereocenters. The maximum absolute atomic E-state index is 11.6. The van der Waals surface area contributed by atoms with Gasteiger partial charge in [-0.3, -0.25) is 14.9 Å². The molecule has 0 unspecified atom stereocenters. The first kappa shape index (κ1) is 14.3. The van der Waals surface area contributed by atoms with Crippen LogP contribution in [0.3, 0.4) is 0 Å². The first-order chi connectivity index (χ1) is 9.52. The highest BCUT2D eigenvalue weighted by Crippen LogP contribution is 2.30. The van der Waals surface area contributed by atoms with E-state index in [0.717, 1.165) is 6.54 Å². The fraction of sp³-hybridized carbons (Fsp3) is 0.462. The second-order valence-electron chi connectivity index (χ2n) is 4.84. The Hall–Kier alpha value is -2.15. The highest BCUT2D eigenvalue weighted by atomic mass is 16.6. The van der Waals surface area contributed by atoms with Crippen molar-refractivity contribution in [2.24, 2.45) is 0 Å². The first-order valence-corrected chi connectivity index (χ1v) is 6.51. The molecule has 20 heavy (non-hydrogen) atoms. The number of benzene rings is 1. The molecule has 2 rings (SSSR count). The lowest BCUT2D eigenvalue weighted by Crippen LogP contribution is -2.49. The molecule has 1 aliphatic heterocycles. The average molecular weight is 278 g/mol. The largest absolute Gasteiger partial charge is 0.363 e. The van der Waals surface area contributed by atoms with E-state index in [0.29, 0.717) is 24.3 Å². The van der Waals surface area contributed by atoms with Crippen LogP contribution in [-0.2, 0) is 0 Å². The van der Waals surface area contributed by atoms with Crippen LogP contribution >= 0.6 is 0 Å². The van der Waals surface area contributed by atoms with Crippen LogP contribution in [0.4, 0.5) is 11.4 Å². The number of hydrogen-bond donors (Lipinski definition) is 2. The van der Waals surface area contributed by atoms with Gasteiger partial charge in [-0.05, 0) is 19.1 Å². The lowest BCUT2D eigenvalue weighted by molar-refractivity contribution is -0.384. The fourth-order valence-corrected chi connectivity index (χ4v) is 2.37. The minimum Gasteiger partial charge on any atom is -0.363 e. The fourth-order valence-electron chi connectivity index (χ4n) is 2.37. The third-order valence-electron chi connectivity index (χ3n) is 3.37. The van der Waals surface area contributed by atoms with E-state index in [2.05, 4.69) is 10.6 Å². The van der Waals surface area contributed by atoms with Crippen LogP contribution in [0, 0.1) is 10.1 Å². The summed E-state index contributed by atoms with van der Waals surface area (Å²) in [6.07, 6.45) is 0. The molecule has 1 aliphatic rings. The van der Waals surface area contributed by atoms with Gasteiger partial charge in [-0.25, -0.2) is 0 Å². The quantitative estimate of drug-likeness (QED) is 0.629. The van der Waals surface area contributed by atoms with E-state index in [1.54, 1.807) is 12.1 Å². The van der Waals surface area contributed by atoms with Crippen molar-refractivity contribution in [3.05, 3.63) is 33.9 Å². The third-order valence-corrected chi connectivity index (χ3v) is 3.37. The highest BCUT2D eigenvalue weighted by molar-refractivity contribution is 5.95. The highest BCUT2D eigenvalue weighted by Gasteiger charge is 2.24. The van der Waals surface area contributed by atoms with Gasteiger partial charge in [0.25, 0.3) is 11.6 Å². The van der Waals surface area contributed by atoms with Crippen molar-refractivity contribution in [3.63, 3.8) is 0 Å². The van der Waals surface area contributed by atoms with Crippen LogP contribution in [0.25, 0.3) is 0 Å². The molecule has 0 aliphatic carbocycles. The van der Waals surface area contributed by atoms with Gasteiger partial charge in [0.1, 0.15) is 5.69 Å². The zero-order valence-corrected chi connectivity index (χ0v) is 11.5. The Bertz CT molecular complexity index is 532. The second-order valence-corrected chi connectivity index (χ2v) is 4.84. The summed E-state index contributed by atoms with van der Waals surface area (Å²) in [5, 5.41) is 17.0. The summed E-state index contributed by atoms with van der Waals surface area (Å²) in [7, 11) is 1.50. The van der Waals surface area contributed by atoms with Gasteiger partial charge in [0.2, 0.25) is 0 Å². The van der Waals surface area contributed by atoms with Gasteiger partial charge in [-0.15, -0.1) is 0 Å². The number of piperazine rings is 1. The number of hydrogen-bond acceptors (Lipinski definition) is 5. The Labute approximate surface area is 117 Å². The smallest absolute Gasteiger partial charge is 0.293 e. The Kier molecular flexibility index (Phi) is 4.19. The molecule has 1 aromatic carbocycles. The molecule has 1 amide bonds. The van der Waals surface area contributed by atoms with Gasteiger partial charge >= 0.3 is 0 Å². The summed E-state index contributed by atoms with van der Waals surface area (Å²) in [5.74, 6) is -0.326. The van der Waals surface area contributed by atoms with E-state index < -0.39 is 4.92 Å². The Morgan fingerprint density at radius 3 is 2.90 bits per heavy atom. The molecule has 0 aromatic heterocycles. The minimum absolute atomic E-state index is 0.0276. The number of anilines is 1. The first-order valence-electron chi connectivity index (χ1n) is 6.51. The number of rotatable bonds is 3. The van der Waals surface area contributed by atoms with E-state index in [1.165, 1.54) is 13.1 Å². The number of carbonyl (C=O) groups excluding carboxylic acids is 1. The number of nitro groups is 1. The molecule has 0 bridgehead atoms. The van der Waals surface area contributed by atoms with Crippen molar-refractivity contribution >= 4 is 17.3 Å². The molecule has 1 fully saturated rings. The number of nitrogens with one attached hydrogen (secondary N) is 2. The van der Waals surface area contributed by atoms with E-state index in [9.17, 15) is 14.9 Å². The van der Waals surface area contributed by atoms with E-state index in [-0.39, 0.29) is 17.6 Å². The second kappa shape index (κ2) is 5.87. The van der Waals surface area contributed by atoms with Gasteiger partial charge in [0, 0.05) is 44.4 Å². The Balaban J connectivity index is 2.37. The van der Waals surface area contributed by atoms with Crippen molar-refractivity contribution in [2.75, 3.05) is 31.6 Å². The van der Waals surface area contributed by atoms with Gasteiger partial charge in [-0.2, -0.15) is 0 Å². The summed E-state index contributed by atoms with van der Waals surface area (Å²) < 4.78 is 0. The van der Waals surface area contributed by atoms with E-state index in [1.807, 2.05) is 11.8 Å². The standard InChI is InChI=1S/C13H18N4O3/c1-9-8-16(6-5-15-9)11-4-3-10(13(18)14-2)7-12(11)17(19)20/h3-4,7,9,15H,5-6,8H2,1-2H3,(H,14,18)/t9-/m0/s1. The third kappa shape index (κ3) is 2.88. The normalized spacial score (nSPS) is 18.7. The predicted molar refractivity (Wildman–Crippen MR) is 76.2 cm³/mol. The molecule has 1 saturated heterocycles. The predicted octanol–water partition coefficient (Wildman–Crippen LogP) is 0.753. The van der Waals surface area contributed by atoms with E-state index >= 15 is 0 Å². The number of carbonyl (C=O) groups is 1. The summed E-state index contributed by atoms with van der Waals surface area (Å²) in [6, 6.07) is 4.89. The van der Waals surface area contributed by atoms with Crippen LogP contribution in [-0.4, -0.2) is 43.6 Å². The maximum atomic E-state index is 11.6. The topological polar surface area (TPSA) is 87.5 Å². The summed E-state index contributed by atoms with van der Waals surface area (Å²) in [6.45, 7) is 4.25. The molecule has 0 radical (unpaired) electrons. The van der Waals surface area contributed by atoms with Crippen molar-refractivity contribution in [3.8, 4) is 0 Å². The molecule has 7 nitrogen and oxygen atoms in total. The average Bonchev–Trinajstić information content (AvgIpc) is 2.45. The van der Waals surface area contributed by atoms with Crippen molar-refractivity contribution in [2.45, 2.75) is 13.0 Å². The van der Waals surface area contributed by atoms with Gasteiger partial charge in [-0.1, -0.05) is 0 Å². The minimum atomic E-state index is -0.436.